The monoisotopic (exact) mass is 242 g/mol. The number of hydrogen-bond acceptors (Lipinski definition) is 3. The van der Waals surface area contributed by atoms with E-state index < -0.39 is 0 Å². The van der Waals surface area contributed by atoms with Crippen LogP contribution in [0, 0.1) is 13.8 Å². The molecule has 3 nitrogen and oxygen atoms in total. The highest BCUT2D eigenvalue weighted by Crippen LogP contribution is 2.25. The number of hydrogen-bond donors (Lipinski definition) is 1. The number of ether oxygens (including phenoxy) is 1. The molecule has 0 radical (unpaired) electrons. The Hall–Kier alpha value is -1.87. The van der Waals surface area contributed by atoms with E-state index in [0.717, 1.165) is 23.6 Å². The Morgan fingerprint density at radius 3 is 2.72 bits per heavy atom. The molecule has 0 spiro atoms. The van der Waals surface area contributed by atoms with Crippen LogP contribution in [0.4, 0.5) is 0 Å². The lowest BCUT2D eigenvalue weighted by molar-refractivity contribution is 0.475. The summed E-state index contributed by atoms with van der Waals surface area (Å²) in [5, 5.41) is 0. The van der Waals surface area contributed by atoms with Crippen LogP contribution in [0.2, 0.25) is 0 Å². The van der Waals surface area contributed by atoms with E-state index in [1.54, 1.807) is 6.20 Å². The summed E-state index contributed by atoms with van der Waals surface area (Å²) in [6, 6.07) is 9.88. The number of nitrogens with zero attached hydrogens (tertiary/aromatic N) is 1. The lowest BCUT2D eigenvalue weighted by atomic mass is 10.1. The number of rotatable bonds is 4. The van der Waals surface area contributed by atoms with Gasteiger partial charge < -0.3 is 10.5 Å². The van der Waals surface area contributed by atoms with Crippen molar-refractivity contribution >= 4 is 0 Å². The zero-order chi connectivity index (χ0) is 13.0. The summed E-state index contributed by atoms with van der Waals surface area (Å²) in [5.41, 5.74) is 8.94. The predicted molar refractivity (Wildman–Crippen MR) is 73.0 cm³/mol. The van der Waals surface area contributed by atoms with Gasteiger partial charge >= 0.3 is 0 Å². The van der Waals surface area contributed by atoms with E-state index in [9.17, 15) is 0 Å². The third-order valence-electron chi connectivity index (χ3n) is 2.91. The van der Waals surface area contributed by atoms with Gasteiger partial charge in [-0.25, -0.2) is 0 Å². The van der Waals surface area contributed by atoms with Crippen LogP contribution in [0.15, 0.2) is 36.5 Å². The number of pyridine rings is 1. The second kappa shape index (κ2) is 5.65. The Morgan fingerprint density at radius 1 is 1.22 bits per heavy atom. The highest BCUT2D eigenvalue weighted by Gasteiger charge is 2.04. The van der Waals surface area contributed by atoms with Gasteiger partial charge in [0.15, 0.2) is 0 Å². The molecule has 1 heterocycles. The highest BCUT2D eigenvalue weighted by atomic mass is 16.5. The van der Waals surface area contributed by atoms with Crippen LogP contribution in [-0.4, -0.2) is 11.5 Å². The van der Waals surface area contributed by atoms with Crippen LogP contribution in [0.1, 0.15) is 16.8 Å². The van der Waals surface area contributed by atoms with E-state index in [1.807, 2.05) is 31.2 Å². The quantitative estimate of drug-likeness (QED) is 0.896. The molecule has 2 rings (SSSR count). The topological polar surface area (TPSA) is 48.1 Å². The minimum absolute atomic E-state index is 0.669. The standard InChI is InChI=1S/C15H18N2O/c1-11-10-14(6-5-13(11)7-8-16)18-15-4-3-9-17-12(15)2/h3-6,9-10H,7-8,16H2,1-2H3. The van der Waals surface area contributed by atoms with Gasteiger partial charge in [-0.15, -0.1) is 0 Å². The Balaban J connectivity index is 2.20. The largest absolute Gasteiger partial charge is 0.455 e. The van der Waals surface area contributed by atoms with Crippen molar-refractivity contribution in [2.24, 2.45) is 5.73 Å². The van der Waals surface area contributed by atoms with E-state index in [-0.39, 0.29) is 0 Å². The molecule has 0 aliphatic heterocycles. The molecular formula is C15H18N2O. The second-order valence-corrected chi connectivity index (χ2v) is 4.32. The molecule has 0 saturated carbocycles. The zero-order valence-electron chi connectivity index (χ0n) is 10.8. The Morgan fingerprint density at radius 2 is 2.06 bits per heavy atom. The van der Waals surface area contributed by atoms with Gasteiger partial charge in [0.05, 0.1) is 5.69 Å². The lowest BCUT2D eigenvalue weighted by Crippen LogP contribution is -2.04. The van der Waals surface area contributed by atoms with E-state index in [0.29, 0.717) is 6.54 Å². The summed E-state index contributed by atoms with van der Waals surface area (Å²) < 4.78 is 5.83. The maximum Gasteiger partial charge on any atom is 0.148 e. The van der Waals surface area contributed by atoms with Crippen molar-refractivity contribution in [1.29, 1.82) is 0 Å². The van der Waals surface area contributed by atoms with Crippen molar-refractivity contribution in [3.8, 4) is 11.5 Å². The summed E-state index contributed by atoms with van der Waals surface area (Å²) in [6.07, 6.45) is 2.66. The third-order valence-corrected chi connectivity index (χ3v) is 2.91. The van der Waals surface area contributed by atoms with Gasteiger partial charge in [-0.3, -0.25) is 4.98 Å². The molecule has 0 bridgehead atoms. The molecule has 18 heavy (non-hydrogen) atoms. The van der Waals surface area contributed by atoms with E-state index in [2.05, 4.69) is 18.0 Å². The number of aryl methyl sites for hydroxylation is 2. The maximum atomic E-state index is 5.83. The van der Waals surface area contributed by atoms with Gasteiger partial charge in [-0.05, 0) is 62.2 Å². The molecule has 0 aliphatic carbocycles. The van der Waals surface area contributed by atoms with E-state index >= 15 is 0 Å². The highest BCUT2D eigenvalue weighted by molar-refractivity contribution is 5.38. The van der Waals surface area contributed by atoms with Gasteiger partial charge in [0.1, 0.15) is 11.5 Å². The fourth-order valence-electron chi connectivity index (χ4n) is 1.87. The van der Waals surface area contributed by atoms with Gasteiger partial charge in [-0.2, -0.15) is 0 Å². The molecule has 2 N–H and O–H groups in total. The smallest absolute Gasteiger partial charge is 0.148 e. The summed E-state index contributed by atoms with van der Waals surface area (Å²) in [6.45, 7) is 4.68. The molecule has 1 aromatic carbocycles. The summed E-state index contributed by atoms with van der Waals surface area (Å²) in [5.74, 6) is 1.63. The Labute approximate surface area is 108 Å². The third kappa shape index (κ3) is 2.87. The van der Waals surface area contributed by atoms with E-state index in [1.165, 1.54) is 11.1 Å². The fraction of sp³-hybridized carbons (Fsp3) is 0.267. The minimum atomic E-state index is 0.669. The van der Waals surface area contributed by atoms with Crippen molar-refractivity contribution in [3.05, 3.63) is 53.3 Å². The Bertz CT molecular complexity index is 538. The van der Waals surface area contributed by atoms with Crippen LogP contribution in [-0.2, 0) is 6.42 Å². The fourth-order valence-corrected chi connectivity index (χ4v) is 1.87. The zero-order valence-corrected chi connectivity index (χ0v) is 10.8. The van der Waals surface area contributed by atoms with Crippen molar-refractivity contribution in [1.82, 2.24) is 4.98 Å². The van der Waals surface area contributed by atoms with Gasteiger partial charge in [0.25, 0.3) is 0 Å². The van der Waals surface area contributed by atoms with Crippen LogP contribution >= 0.6 is 0 Å². The van der Waals surface area contributed by atoms with Crippen LogP contribution in [0.3, 0.4) is 0 Å². The first kappa shape index (κ1) is 12.6. The second-order valence-electron chi connectivity index (χ2n) is 4.32. The van der Waals surface area contributed by atoms with Crippen LogP contribution in [0.25, 0.3) is 0 Å². The predicted octanol–water partition coefficient (Wildman–Crippen LogP) is 2.99. The summed E-state index contributed by atoms with van der Waals surface area (Å²) >= 11 is 0. The van der Waals surface area contributed by atoms with Crippen LogP contribution in [0.5, 0.6) is 11.5 Å². The normalized spacial score (nSPS) is 10.4. The summed E-state index contributed by atoms with van der Waals surface area (Å²) in [7, 11) is 0. The SMILES string of the molecule is Cc1cc(Oc2cccnc2C)ccc1CCN. The molecule has 0 amide bonds. The lowest BCUT2D eigenvalue weighted by Gasteiger charge is -2.10. The van der Waals surface area contributed by atoms with Crippen molar-refractivity contribution in [2.75, 3.05) is 6.54 Å². The number of aromatic nitrogens is 1. The molecule has 0 unspecified atom stereocenters. The van der Waals surface area contributed by atoms with Gasteiger partial charge in [0.2, 0.25) is 0 Å². The molecule has 3 heteroatoms. The minimum Gasteiger partial charge on any atom is -0.455 e. The maximum absolute atomic E-state index is 5.83. The molecule has 2 aromatic rings. The van der Waals surface area contributed by atoms with Crippen molar-refractivity contribution in [3.63, 3.8) is 0 Å². The first-order valence-electron chi connectivity index (χ1n) is 6.10. The molecule has 0 atom stereocenters. The van der Waals surface area contributed by atoms with Crippen LogP contribution < -0.4 is 10.5 Å². The molecule has 94 valence electrons. The Kier molecular flexibility index (Phi) is 3.95. The molecule has 1 aromatic heterocycles. The average Bonchev–Trinajstić information content (AvgIpc) is 2.36. The number of benzene rings is 1. The number of nitrogens with two attached hydrogens (primary N) is 1. The first-order valence-corrected chi connectivity index (χ1v) is 6.10. The summed E-state index contributed by atoms with van der Waals surface area (Å²) in [4.78, 5) is 4.20. The molecule has 0 fully saturated rings. The average molecular weight is 242 g/mol. The van der Waals surface area contributed by atoms with Gasteiger partial charge in [0, 0.05) is 6.20 Å². The van der Waals surface area contributed by atoms with Crippen molar-refractivity contribution in [2.45, 2.75) is 20.3 Å². The van der Waals surface area contributed by atoms with Gasteiger partial charge in [-0.1, -0.05) is 6.07 Å². The molecule has 0 saturated heterocycles. The first-order chi connectivity index (χ1) is 8.70. The molecular weight excluding hydrogens is 224 g/mol. The van der Waals surface area contributed by atoms with Crippen molar-refractivity contribution < 1.29 is 4.74 Å². The van der Waals surface area contributed by atoms with E-state index in [4.69, 9.17) is 10.5 Å². The molecule has 0 aliphatic rings.